The Morgan fingerprint density at radius 2 is 1.64 bits per heavy atom. The highest BCUT2D eigenvalue weighted by Crippen LogP contribution is 2.61. The highest BCUT2D eigenvalue weighted by molar-refractivity contribution is 5.98. The number of carbonyl (C=O) groups is 4. The van der Waals surface area contributed by atoms with E-state index in [0.29, 0.717) is 5.57 Å². The van der Waals surface area contributed by atoms with Crippen molar-refractivity contribution in [3.05, 3.63) is 65.3 Å². The van der Waals surface area contributed by atoms with Crippen LogP contribution in [0.2, 0.25) is 0 Å². The number of benzene rings is 1. The minimum absolute atomic E-state index is 0.241. The van der Waals surface area contributed by atoms with Crippen LogP contribution in [-0.2, 0) is 33.4 Å². The Bertz CT molecular complexity index is 1360. The number of allylic oxidation sites excluding steroid dienone is 1. The maximum atomic E-state index is 13.4. The smallest absolute Gasteiger partial charge is 0.331 e. The Hall–Kier alpha value is -3.56. The summed E-state index contributed by atoms with van der Waals surface area (Å²) in [6, 6.07) is 9.23. The molecule has 4 rings (SSSR count). The second-order valence-corrected chi connectivity index (χ2v) is 12.5. The van der Waals surface area contributed by atoms with Crippen LogP contribution in [0.3, 0.4) is 0 Å². The van der Waals surface area contributed by atoms with E-state index < -0.39 is 70.5 Å². The van der Waals surface area contributed by atoms with Crippen LogP contribution < -0.4 is 0 Å². The van der Waals surface area contributed by atoms with E-state index in [1.54, 1.807) is 33.8 Å². The molecule has 0 unspecified atom stereocenters. The van der Waals surface area contributed by atoms with Gasteiger partial charge in [0.1, 0.15) is 23.9 Å². The second-order valence-electron chi connectivity index (χ2n) is 12.5. The number of ether oxygens (including phenoxy) is 3. The number of Topliss-reactive ketones (excluding diaryl/α,β-unsaturated/α-hetero) is 1. The fourth-order valence-corrected chi connectivity index (χ4v) is 7.22. The number of ketones is 1. The molecule has 1 aromatic rings. The number of esters is 3. The van der Waals surface area contributed by atoms with Gasteiger partial charge in [-0.05, 0) is 48.1 Å². The van der Waals surface area contributed by atoms with Crippen LogP contribution in [0, 0.1) is 16.7 Å². The lowest BCUT2D eigenvalue weighted by atomic mass is 9.48. The third kappa shape index (κ3) is 5.24. The number of fused-ring (bicyclic) bond motifs is 3. The molecule has 3 aliphatic rings. The van der Waals surface area contributed by atoms with Gasteiger partial charge in [0.2, 0.25) is 0 Å². The molecule has 0 aliphatic heterocycles. The summed E-state index contributed by atoms with van der Waals surface area (Å²) in [5, 5.41) is 24.6. The van der Waals surface area contributed by atoms with E-state index in [4.69, 9.17) is 14.2 Å². The monoisotopic (exact) mass is 580 g/mol. The lowest BCUT2D eigenvalue weighted by Crippen LogP contribution is -2.70. The molecule has 0 radical (unpaired) electrons. The van der Waals surface area contributed by atoms with Crippen LogP contribution in [0.4, 0.5) is 0 Å². The minimum atomic E-state index is -1.98. The molecule has 2 N–H and O–H groups in total. The Kier molecular flexibility index (Phi) is 8.41. The molecule has 7 atom stereocenters. The molecule has 2 saturated carbocycles. The van der Waals surface area contributed by atoms with Gasteiger partial charge in [-0.15, -0.1) is 0 Å². The molecule has 0 amide bonds. The Morgan fingerprint density at radius 1 is 1.02 bits per heavy atom. The van der Waals surface area contributed by atoms with Gasteiger partial charge in [0.05, 0.1) is 0 Å². The number of aliphatic hydroxyl groups excluding tert-OH is 1. The number of hydrogen-bond donors (Lipinski definition) is 2. The topological polar surface area (TPSA) is 136 Å². The first-order chi connectivity index (χ1) is 19.5. The van der Waals surface area contributed by atoms with Gasteiger partial charge < -0.3 is 24.4 Å². The molecule has 0 saturated heterocycles. The predicted octanol–water partition coefficient (Wildman–Crippen LogP) is 3.87. The van der Waals surface area contributed by atoms with E-state index in [1.807, 2.05) is 30.3 Å². The number of carbonyl (C=O) groups excluding carboxylic acids is 4. The molecule has 3 aliphatic carbocycles. The summed E-state index contributed by atoms with van der Waals surface area (Å²) in [6.45, 7) is 13.4. The fraction of sp³-hybridized carbons (Fsp3) is 0.515. The summed E-state index contributed by atoms with van der Waals surface area (Å²) in [6.07, 6.45) is -1.76. The Morgan fingerprint density at radius 3 is 2.24 bits per heavy atom. The second kappa shape index (κ2) is 11.3. The minimum Gasteiger partial charge on any atom is -0.459 e. The third-order valence-corrected chi connectivity index (χ3v) is 9.55. The highest BCUT2D eigenvalue weighted by Gasteiger charge is 2.68. The normalized spacial score (nSPS) is 34.2. The van der Waals surface area contributed by atoms with Crippen LogP contribution in [0.15, 0.2) is 59.7 Å². The first-order valence-electron chi connectivity index (χ1n) is 14.2. The van der Waals surface area contributed by atoms with Crippen molar-refractivity contribution >= 4 is 29.8 Å². The molecule has 2 bridgehead atoms. The van der Waals surface area contributed by atoms with Gasteiger partial charge in [-0.2, -0.15) is 0 Å². The maximum Gasteiger partial charge on any atom is 0.331 e. The zero-order valence-corrected chi connectivity index (χ0v) is 25.0. The van der Waals surface area contributed by atoms with E-state index in [-0.39, 0.29) is 30.4 Å². The summed E-state index contributed by atoms with van der Waals surface area (Å²) in [5.74, 6) is -3.38. The van der Waals surface area contributed by atoms with Gasteiger partial charge in [0.25, 0.3) is 0 Å². The quantitative estimate of drug-likeness (QED) is 0.230. The zero-order chi connectivity index (χ0) is 31.2. The lowest BCUT2D eigenvalue weighted by molar-refractivity contribution is -0.231. The maximum absolute atomic E-state index is 13.4. The van der Waals surface area contributed by atoms with Gasteiger partial charge in [0, 0.05) is 43.1 Å². The van der Waals surface area contributed by atoms with Crippen molar-refractivity contribution in [2.75, 3.05) is 0 Å². The van der Waals surface area contributed by atoms with Crippen LogP contribution in [0.1, 0.15) is 66.4 Å². The molecular formula is C33H40O9. The van der Waals surface area contributed by atoms with Crippen LogP contribution in [-0.4, -0.2) is 63.9 Å². The van der Waals surface area contributed by atoms with Crippen LogP contribution in [0.5, 0.6) is 0 Å². The third-order valence-electron chi connectivity index (χ3n) is 9.55. The SMILES string of the molecule is C=C1[C@@H](OC(=O)/C=C/c2ccccc2)CC[C@@]2(C)[C@@H](O)[C@H](OC(C)=O)C3=C(C)C(=O)C[C@@](O)([C@@H](OC(C)=O)[C@H]12)C3(C)C. The summed E-state index contributed by atoms with van der Waals surface area (Å²) in [5.41, 5.74) is -2.74. The molecule has 42 heavy (non-hydrogen) atoms. The van der Waals surface area contributed by atoms with Crippen molar-refractivity contribution in [1.29, 1.82) is 0 Å². The zero-order valence-electron chi connectivity index (χ0n) is 25.0. The summed E-state index contributed by atoms with van der Waals surface area (Å²) in [4.78, 5) is 51.1. The number of rotatable bonds is 5. The molecule has 0 heterocycles. The van der Waals surface area contributed by atoms with Crippen LogP contribution >= 0.6 is 0 Å². The molecule has 0 spiro atoms. The molecule has 226 valence electrons. The molecule has 9 nitrogen and oxygen atoms in total. The first-order valence-corrected chi connectivity index (χ1v) is 14.2. The van der Waals surface area contributed by atoms with Crippen molar-refractivity contribution < 1.29 is 43.6 Å². The molecular weight excluding hydrogens is 540 g/mol. The Balaban J connectivity index is 1.83. The van der Waals surface area contributed by atoms with Gasteiger partial charge in [0.15, 0.2) is 11.9 Å². The summed E-state index contributed by atoms with van der Waals surface area (Å²) in [7, 11) is 0. The molecule has 2 fully saturated rings. The average molecular weight is 581 g/mol. The van der Waals surface area contributed by atoms with Crippen molar-refractivity contribution in [2.24, 2.45) is 16.7 Å². The number of hydrogen-bond acceptors (Lipinski definition) is 9. The fourth-order valence-electron chi connectivity index (χ4n) is 7.22. The molecule has 9 heteroatoms. The van der Waals surface area contributed by atoms with Gasteiger partial charge in [-0.3, -0.25) is 14.4 Å². The average Bonchev–Trinajstić information content (AvgIpc) is 2.90. The first kappa shape index (κ1) is 31.4. The van der Waals surface area contributed by atoms with E-state index in [2.05, 4.69) is 6.58 Å². The van der Waals surface area contributed by atoms with E-state index in [0.717, 1.165) is 5.56 Å². The van der Waals surface area contributed by atoms with Gasteiger partial charge in [-0.25, -0.2) is 4.79 Å². The van der Waals surface area contributed by atoms with Gasteiger partial charge in [-0.1, -0.05) is 57.7 Å². The lowest BCUT2D eigenvalue weighted by Gasteiger charge is -2.61. The molecule has 1 aromatic carbocycles. The summed E-state index contributed by atoms with van der Waals surface area (Å²) >= 11 is 0. The van der Waals surface area contributed by atoms with E-state index in [1.165, 1.54) is 19.9 Å². The van der Waals surface area contributed by atoms with Crippen molar-refractivity contribution in [3.8, 4) is 0 Å². The molecule has 0 aromatic heterocycles. The Labute approximate surface area is 246 Å². The number of aliphatic hydroxyl groups is 2. The van der Waals surface area contributed by atoms with E-state index in [9.17, 15) is 29.4 Å². The largest absolute Gasteiger partial charge is 0.459 e. The standard InChI is InChI=1S/C33H40O9/c1-18-23(36)17-33(39)30(41-21(4)35)27-19(2)24(42-25(37)14-13-22-11-9-8-10-12-22)15-16-32(27,7)29(38)28(40-20(3)34)26(18)31(33,5)6/h8-14,24,27-30,38-39H,2,15-17H2,1,3-7H3/b14-13+/t24-,27-,28+,29-,30-,32+,33+/m0/s1. The predicted molar refractivity (Wildman–Crippen MR) is 153 cm³/mol. The van der Waals surface area contributed by atoms with Crippen LogP contribution in [0.25, 0.3) is 6.08 Å². The highest BCUT2D eigenvalue weighted by atomic mass is 16.6. The van der Waals surface area contributed by atoms with E-state index >= 15 is 0 Å². The summed E-state index contributed by atoms with van der Waals surface area (Å²) < 4.78 is 17.4. The van der Waals surface area contributed by atoms with Crippen molar-refractivity contribution in [1.82, 2.24) is 0 Å². The van der Waals surface area contributed by atoms with Gasteiger partial charge >= 0.3 is 17.9 Å². The van der Waals surface area contributed by atoms with Crippen molar-refractivity contribution in [2.45, 2.75) is 90.8 Å². The van der Waals surface area contributed by atoms with Crippen molar-refractivity contribution in [3.63, 3.8) is 0 Å².